The van der Waals surface area contributed by atoms with E-state index in [0.717, 1.165) is 77.1 Å². The number of aryl methyl sites for hydroxylation is 2. The third-order valence-electron chi connectivity index (χ3n) is 12.7. The van der Waals surface area contributed by atoms with Crippen molar-refractivity contribution in [3.63, 3.8) is 0 Å². The van der Waals surface area contributed by atoms with Crippen molar-refractivity contribution in [3.8, 4) is 43.9 Å². The van der Waals surface area contributed by atoms with Gasteiger partial charge in [-0.05, 0) is 111 Å². The zero-order valence-electron chi connectivity index (χ0n) is 45.7. The summed E-state index contributed by atoms with van der Waals surface area (Å²) in [4.78, 5) is 96.1. The van der Waals surface area contributed by atoms with Crippen LogP contribution in [-0.4, -0.2) is 152 Å². The number of aliphatic carboxylic acids is 1. The first-order valence-electron chi connectivity index (χ1n) is 25.6. The van der Waals surface area contributed by atoms with Crippen LogP contribution in [0.3, 0.4) is 0 Å². The van der Waals surface area contributed by atoms with Crippen molar-refractivity contribution in [3.05, 3.63) is 83.3 Å². The molecule has 25 heteroatoms. The number of nitrogens with two attached hydrogens (primary N) is 1. The van der Waals surface area contributed by atoms with Gasteiger partial charge in [0.05, 0.1) is 23.2 Å². The van der Waals surface area contributed by atoms with Crippen LogP contribution in [0.5, 0.6) is 0 Å². The Kier molecular flexibility index (Phi) is 17.5. The highest BCUT2D eigenvalue weighted by Crippen LogP contribution is 2.34. The molecule has 0 unspecified atom stereocenters. The molecule has 10 rings (SSSR count). The average Bonchev–Trinajstić information content (AvgIpc) is 4.41. The van der Waals surface area contributed by atoms with E-state index in [1.54, 1.807) is 68.8 Å². The van der Waals surface area contributed by atoms with Gasteiger partial charge in [0.25, 0.3) is 0 Å². The number of rotatable bonds is 10. The van der Waals surface area contributed by atoms with Crippen LogP contribution in [-0.2, 0) is 19.1 Å². The molecule has 0 aliphatic carbocycles. The summed E-state index contributed by atoms with van der Waals surface area (Å²) < 4.78 is 11.1. The zero-order valence-corrected chi connectivity index (χ0v) is 47.4. The maximum absolute atomic E-state index is 12.8. The maximum Gasteiger partial charge on any atom is 0.410 e. The number of H-pyrrole nitrogens is 2. The van der Waals surface area contributed by atoms with Crippen LogP contribution in [0.4, 0.5) is 21.5 Å². The smallest absolute Gasteiger partial charge is 0.410 e. The lowest BCUT2D eigenvalue weighted by Gasteiger charge is -2.38. The summed E-state index contributed by atoms with van der Waals surface area (Å²) in [6, 6.07) is 7.31. The lowest BCUT2D eigenvalue weighted by Crippen LogP contribution is -2.53. The van der Waals surface area contributed by atoms with Crippen molar-refractivity contribution in [2.45, 2.75) is 91.5 Å². The first-order valence-corrected chi connectivity index (χ1v) is 27.4. The lowest BCUT2D eigenvalue weighted by molar-refractivity contribution is -0.143. The van der Waals surface area contributed by atoms with Crippen molar-refractivity contribution in [1.29, 1.82) is 0 Å². The van der Waals surface area contributed by atoms with E-state index < -0.39 is 35.3 Å². The number of piperidine rings is 2. The molecule has 8 aromatic rings. The quantitative estimate of drug-likeness (QED) is 0.0676. The molecule has 3 amide bonds. The number of carboxylic acid groups (broad SMARTS) is 1. The largest absolute Gasteiger partial charge is 0.481 e. The number of carbonyl (C=O) groups excluding carboxylic acids is 3. The fourth-order valence-corrected chi connectivity index (χ4v) is 10.4. The molecule has 2 fully saturated rings. The van der Waals surface area contributed by atoms with Gasteiger partial charge in [0.15, 0.2) is 0 Å². The van der Waals surface area contributed by atoms with Crippen LogP contribution < -0.4 is 21.7 Å². The Morgan fingerprint density at radius 3 is 1.47 bits per heavy atom. The molecular formula is C54H66N16O7S2. The Bertz CT molecular complexity index is 3430. The predicted molar refractivity (Wildman–Crippen MR) is 304 cm³/mol. The minimum absolute atomic E-state index is 0.0910. The predicted octanol–water partition coefficient (Wildman–Crippen LogP) is 8.38. The fourth-order valence-electron chi connectivity index (χ4n) is 9.20. The van der Waals surface area contributed by atoms with Crippen molar-refractivity contribution in [1.82, 2.24) is 65.0 Å². The first-order chi connectivity index (χ1) is 37.7. The molecule has 2 aliphatic rings. The van der Waals surface area contributed by atoms with Crippen LogP contribution >= 0.6 is 22.7 Å². The molecule has 0 bridgehead atoms. The Hall–Kier alpha value is -8.16. The molecule has 0 radical (unpaired) electrons. The van der Waals surface area contributed by atoms with Gasteiger partial charge >= 0.3 is 18.2 Å². The molecule has 79 heavy (non-hydrogen) atoms. The molecule has 8 aromatic heterocycles. The second kappa shape index (κ2) is 24.2. The van der Waals surface area contributed by atoms with Gasteiger partial charge in [0.1, 0.15) is 43.9 Å². The number of anilines is 2. The number of likely N-dealkylation sites (tertiary alicyclic amines) is 2. The van der Waals surface area contributed by atoms with E-state index >= 15 is 0 Å². The van der Waals surface area contributed by atoms with E-state index in [-0.39, 0.29) is 43.5 Å². The van der Waals surface area contributed by atoms with Crippen molar-refractivity contribution < 1.29 is 33.8 Å². The van der Waals surface area contributed by atoms with E-state index in [4.69, 9.17) is 29.4 Å². The van der Waals surface area contributed by atoms with Crippen LogP contribution in [0.15, 0.2) is 72.2 Å². The number of pyridine rings is 2. The Morgan fingerprint density at radius 2 is 1.08 bits per heavy atom. The monoisotopic (exact) mass is 1110 g/mol. The van der Waals surface area contributed by atoms with E-state index in [1.807, 2.05) is 82.0 Å². The van der Waals surface area contributed by atoms with E-state index in [2.05, 4.69) is 51.6 Å². The van der Waals surface area contributed by atoms with Gasteiger partial charge in [-0.15, -0.1) is 22.7 Å². The Morgan fingerprint density at radius 1 is 0.646 bits per heavy atom. The van der Waals surface area contributed by atoms with Gasteiger partial charge in [-0.1, -0.05) is 0 Å². The molecule has 4 atom stereocenters. The molecule has 8 N–H and O–H groups in total. The van der Waals surface area contributed by atoms with Gasteiger partial charge in [0.2, 0.25) is 17.8 Å². The maximum atomic E-state index is 12.8. The number of hydrogen-bond donors (Lipinski definition) is 7. The van der Waals surface area contributed by atoms with Gasteiger partial charge in [-0.3, -0.25) is 9.59 Å². The molecule has 23 nitrogen and oxygen atoms in total. The summed E-state index contributed by atoms with van der Waals surface area (Å²) in [6.45, 7) is 15.7. The molecule has 0 spiro atoms. The summed E-state index contributed by atoms with van der Waals surface area (Å²) >= 11 is 3.07. The minimum atomic E-state index is -0.959. The summed E-state index contributed by atoms with van der Waals surface area (Å²) in [5, 5.41) is 26.4. The second-order valence-corrected chi connectivity index (χ2v) is 22.8. The Balaban J connectivity index is 0.000000202. The van der Waals surface area contributed by atoms with Crippen LogP contribution in [0.25, 0.3) is 66.0 Å². The topological polar surface area (TPSA) is 310 Å². The highest BCUT2D eigenvalue weighted by atomic mass is 32.1. The summed E-state index contributed by atoms with van der Waals surface area (Å²) in [5.74, 6) is -1.42. The third kappa shape index (κ3) is 13.9. The normalized spacial score (nSPS) is 17.5. The molecule has 2 aliphatic heterocycles. The van der Waals surface area contributed by atoms with Gasteiger partial charge < -0.3 is 56.0 Å². The average molecular weight is 1120 g/mol. The first kappa shape index (κ1) is 57.0. The standard InChI is InChI=1S/C27H32N8O3S.C26H29N7O4S.CH5N/c1-15-11-31-25(32-17-10-16(23(36)28-5)13-35(14-17)26(37)38-27(2,3)4)34-21(15)19-12-30-22-18(19)6-7-20(33-22)24-29-8-9-39-24;1-14-10-29-24(30-16-9-15(23(34)35)12-33(13-16)25(36)37-26(2,3)4)32-20(14)18-11-28-21-17(18)5-6-19(31-21)22-27-7-8-38-22;1-2/h6-9,11-12,16-17H,10,13-14H2,1-5H3,(H,28,36)(H,30,33)(H,31,32,34);5-8,10-11,15-16H,9,12-13H2,1-4H3,(H,28,31)(H,34,35)(H,29,30,32);2H2,1H3/t16-,17+;15-,16+;/m11./s1. The van der Waals surface area contributed by atoms with Crippen LogP contribution in [0.1, 0.15) is 65.5 Å². The number of nitrogens with one attached hydrogen (secondary N) is 5. The van der Waals surface area contributed by atoms with Gasteiger partial charge in [-0.2, -0.15) is 0 Å². The van der Waals surface area contributed by atoms with Gasteiger partial charge in [0, 0.05) is 115 Å². The third-order valence-corrected chi connectivity index (χ3v) is 14.3. The van der Waals surface area contributed by atoms with Crippen molar-refractivity contribution in [2.75, 3.05) is 50.9 Å². The molecule has 0 saturated carbocycles. The second-order valence-electron chi connectivity index (χ2n) is 21.0. The van der Waals surface area contributed by atoms with Gasteiger partial charge in [-0.25, -0.2) is 49.5 Å². The van der Waals surface area contributed by atoms with E-state index in [1.165, 1.54) is 23.3 Å². The SMILES string of the molecule is CN.CNC(=O)[C@@H]1C[C@H](Nc2ncc(C)c(-c3c[nH]c4nc(-c5nccs5)ccc34)n2)CN(C(=O)OC(C)(C)C)C1.Cc1cnc(N[C@H]2C[C@@H](C(=O)O)CN(C(=O)OC(C)(C)C)C2)nc1-c1c[nH]c2nc(-c3nccs3)ccc12. The molecule has 10 heterocycles. The fraction of sp³-hybridized carbons (Fsp3) is 0.407. The molecule has 416 valence electrons. The number of carboxylic acids is 1. The minimum Gasteiger partial charge on any atom is -0.481 e. The number of ether oxygens (including phenoxy) is 2. The van der Waals surface area contributed by atoms with E-state index in [9.17, 15) is 24.3 Å². The Labute approximate surface area is 464 Å². The number of aromatic nitrogens is 10. The lowest BCUT2D eigenvalue weighted by atomic mass is 9.93. The van der Waals surface area contributed by atoms with Crippen molar-refractivity contribution in [2.24, 2.45) is 17.6 Å². The number of amides is 3. The zero-order chi connectivity index (χ0) is 56.8. The number of fused-ring (bicyclic) bond motifs is 2. The number of carbonyl (C=O) groups is 4. The molecule has 0 aromatic carbocycles. The number of hydrogen-bond acceptors (Lipinski definition) is 19. The van der Waals surface area contributed by atoms with Crippen molar-refractivity contribution >= 4 is 80.7 Å². The number of aromatic amines is 2. The summed E-state index contributed by atoms with van der Waals surface area (Å²) in [5.41, 5.74) is 11.3. The van der Waals surface area contributed by atoms with E-state index in [0.29, 0.717) is 31.3 Å². The highest BCUT2D eigenvalue weighted by molar-refractivity contribution is 7.13. The number of thiazole rings is 2. The summed E-state index contributed by atoms with van der Waals surface area (Å²) in [7, 11) is 3.10. The molecular weight excluding hydrogens is 1050 g/mol. The number of nitrogens with zero attached hydrogens (tertiary/aromatic N) is 10. The van der Waals surface area contributed by atoms with Crippen LogP contribution in [0.2, 0.25) is 0 Å². The van der Waals surface area contributed by atoms with Crippen LogP contribution in [0, 0.1) is 25.7 Å². The highest BCUT2D eigenvalue weighted by Gasteiger charge is 2.38. The summed E-state index contributed by atoms with van der Waals surface area (Å²) in [6.07, 6.45) is 10.7. The molecule has 2 saturated heterocycles.